The van der Waals surface area contributed by atoms with Crippen molar-refractivity contribution in [3.05, 3.63) is 85.1 Å². The van der Waals surface area contributed by atoms with Crippen molar-refractivity contribution in [3.63, 3.8) is 0 Å². The lowest BCUT2D eigenvalue weighted by atomic mass is 10.1. The van der Waals surface area contributed by atoms with Crippen LogP contribution in [0.4, 0.5) is 0 Å². The summed E-state index contributed by atoms with van der Waals surface area (Å²) in [4.78, 5) is 45.9. The van der Waals surface area contributed by atoms with Crippen LogP contribution in [0, 0.1) is 0 Å². The van der Waals surface area contributed by atoms with E-state index in [1.54, 1.807) is 18.2 Å². The zero-order valence-corrected chi connectivity index (χ0v) is 35.4. The maximum Gasteiger partial charge on any atom is 0.472 e. The third kappa shape index (κ3) is 37.9. The molecular weight excluding hydrogens is 749 g/mol. The number of aliphatic hydroxyl groups is 1. The van der Waals surface area contributed by atoms with Crippen molar-refractivity contribution in [3.8, 4) is 0 Å². The average Bonchev–Trinajstić information content (AvgIpc) is 3.18. The predicted octanol–water partition coefficient (Wildman–Crippen LogP) is 9.69. The van der Waals surface area contributed by atoms with Crippen LogP contribution in [0.2, 0.25) is 0 Å². The Labute approximate surface area is 342 Å². The normalized spacial score (nSPS) is 15.2. The quantitative estimate of drug-likeness (QED) is 0.0153. The standard InChI is InChI=1S/C44H72NO11P/c1-3-5-7-9-11-13-14-15-16-17-18-20-22-26-31-35-43(48)56-40(37-54-57(51,52)55-38-41(45)44(49)50)36-53-42(47)34-30-27-23-25-29-33-39(46)32-28-24-21-19-12-10-8-6-4-2/h5,7,11-13,15-16,19,23-25,28-29,33,39-41,46H,3-4,6,8-10,14,17-18,20-22,26-27,30-32,34-38,45H2,1-2H3,(H,49,50)(H,51,52)/b7-5-,13-11-,16-15-,19-12-,25-23+,28-24-,33-29-/t39?,40-,41+/m1/s1. The molecule has 13 heteroatoms. The molecule has 0 saturated heterocycles. The number of phosphoric ester groups is 1. The predicted molar refractivity (Wildman–Crippen MR) is 227 cm³/mol. The van der Waals surface area contributed by atoms with Gasteiger partial charge in [-0.2, -0.15) is 0 Å². The highest BCUT2D eigenvalue weighted by atomic mass is 31.2. The van der Waals surface area contributed by atoms with Gasteiger partial charge in [-0.05, 0) is 77.0 Å². The molecule has 0 fully saturated rings. The number of aliphatic carboxylic acids is 1. The van der Waals surface area contributed by atoms with Gasteiger partial charge in [0.1, 0.15) is 12.6 Å². The van der Waals surface area contributed by atoms with Gasteiger partial charge in [0.2, 0.25) is 0 Å². The van der Waals surface area contributed by atoms with Crippen molar-refractivity contribution in [2.45, 2.75) is 154 Å². The summed E-state index contributed by atoms with van der Waals surface area (Å²) in [5.74, 6) is -2.56. The molecule has 12 nitrogen and oxygen atoms in total. The van der Waals surface area contributed by atoms with E-state index in [4.69, 9.17) is 24.8 Å². The number of allylic oxidation sites excluding steroid dienone is 12. The Morgan fingerprint density at radius 2 is 1.21 bits per heavy atom. The number of hydrogen-bond donors (Lipinski definition) is 4. The molecular formula is C44H72NO11P. The Kier molecular flexibility index (Phi) is 35.9. The minimum Gasteiger partial charge on any atom is -0.480 e. The second-order valence-corrected chi connectivity index (χ2v) is 15.0. The zero-order chi connectivity index (χ0) is 42.2. The number of nitrogens with two attached hydrogens (primary N) is 1. The summed E-state index contributed by atoms with van der Waals surface area (Å²) in [6.07, 6.45) is 42.5. The first kappa shape index (κ1) is 53.6. The number of carboxylic acid groups (broad SMARTS) is 1. The molecule has 324 valence electrons. The molecule has 0 bridgehead atoms. The number of ether oxygens (including phenoxy) is 2. The molecule has 0 aromatic heterocycles. The minimum atomic E-state index is -4.76. The largest absolute Gasteiger partial charge is 0.480 e. The second kappa shape index (κ2) is 38.2. The summed E-state index contributed by atoms with van der Waals surface area (Å²) in [5, 5.41) is 19.0. The summed E-state index contributed by atoms with van der Waals surface area (Å²) in [7, 11) is -4.76. The Hall–Kier alpha value is -3.38. The molecule has 0 aromatic carbocycles. The highest BCUT2D eigenvalue weighted by Crippen LogP contribution is 2.43. The van der Waals surface area contributed by atoms with Crippen LogP contribution in [0.1, 0.15) is 136 Å². The first-order chi connectivity index (χ1) is 27.5. The van der Waals surface area contributed by atoms with E-state index in [1.807, 2.05) is 18.2 Å². The number of aliphatic hydroxyl groups excluding tert-OH is 1. The van der Waals surface area contributed by atoms with Gasteiger partial charge in [-0.1, -0.05) is 131 Å². The molecule has 5 N–H and O–H groups in total. The third-order valence-electron chi connectivity index (χ3n) is 8.21. The first-order valence-electron chi connectivity index (χ1n) is 20.7. The summed E-state index contributed by atoms with van der Waals surface area (Å²) in [6.45, 7) is 2.47. The molecule has 57 heavy (non-hydrogen) atoms. The average molecular weight is 822 g/mol. The van der Waals surface area contributed by atoms with Gasteiger partial charge in [0.05, 0.1) is 19.3 Å². The number of carbonyl (C=O) groups is 3. The number of phosphoric acid groups is 1. The van der Waals surface area contributed by atoms with Gasteiger partial charge in [0.25, 0.3) is 0 Å². The van der Waals surface area contributed by atoms with Crippen LogP contribution in [0.3, 0.4) is 0 Å². The topological polar surface area (TPSA) is 192 Å². The van der Waals surface area contributed by atoms with Crippen molar-refractivity contribution in [1.29, 1.82) is 0 Å². The van der Waals surface area contributed by atoms with Crippen LogP contribution in [0.5, 0.6) is 0 Å². The van der Waals surface area contributed by atoms with Crippen LogP contribution < -0.4 is 5.73 Å². The van der Waals surface area contributed by atoms with Gasteiger partial charge in [-0.3, -0.25) is 23.4 Å². The van der Waals surface area contributed by atoms with E-state index in [-0.39, 0.29) is 12.8 Å². The molecule has 0 aromatic rings. The number of rotatable bonds is 37. The third-order valence-corrected chi connectivity index (χ3v) is 9.16. The second-order valence-electron chi connectivity index (χ2n) is 13.6. The van der Waals surface area contributed by atoms with E-state index < -0.39 is 63.8 Å². The molecule has 0 amide bonds. The SMILES string of the molecule is CC/C=C\C/C=C\C/C=C\CCCCCCCC(=O)O[C@H](COC(=O)CCC/C=C/C=C\C(O)C/C=C\C/C=C\CCCCC)COP(=O)(O)OC[C@H](N)C(=O)O. The maximum atomic E-state index is 12.6. The van der Waals surface area contributed by atoms with Crippen molar-refractivity contribution in [1.82, 2.24) is 0 Å². The molecule has 0 aliphatic carbocycles. The maximum absolute atomic E-state index is 12.6. The van der Waals surface area contributed by atoms with E-state index in [1.165, 1.54) is 19.3 Å². The summed E-state index contributed by atoms with van der Waals surface area (Å²) in [5.41, 5.74) is 5.32. The Morgan fingerprint density at radius 1 is 0.649 bits per heavy atom. The van der Waals surface area contributed by atoms with Crippen molar-refractivity contribution < 1.29 is 52.6 Å². The van der Waals surface area contributed by atoms with Crippen molar-refractivity contribution >= 4 is 25.7 Å². The van der Waals surface area contributed by atoms with Crippen LogP contribution in [-0.2, 0) is 37.5 Å². The summed E-state index contributed by atoms with van der Waals surface area (Å²) < 4.78 is 32.5. The van der Waals surface area contributed by atoms with E-state index in [9.17, 15) is 28.9 Å². The highest BCUT2D eigenvalue weighted by Gasteiger charge is 2.28. The fraction of sp³-hybridized carbons (Fsp3) is 0.614. The fourth-order valence-corrected chi connectivity index (χ4v) is 5.69. The van der Waals surface area contributed by atoms with Crippen molar-refractivity contribution in [2.24, 2.45) is 5.73 Å². The lowest BCUT2D eigenvalue weighted by molar-refractivity contribution is -0.161. The Balaban J connectivity index is 4.62. The number of carboxylic acids is 1. The molecule has 0 aliphatic heterocycles. The monoisotopic (exact) mass is 821 g/mol. The van der Waals surface area contributed by atoms with E-state index in [2.05, 4.69) is 67.0 Å². The van der Waals surface area contributed by atoms with E-state index in [0.717, 1.165) is 64.2 Å². The fourth-order valence-electron chi connectivity index (χ4n) is 4.91. The highest BCUT2D eigenvalue weighted by molar-refractivity contribution is 7.47. The van der Waals surface area contributed by atoms with Gasteiger partial charge >= 0.3 is 25.7 Å². The molecule has 0 saturated carbocycles. The Morgan fingerprint density at radius 3 is 1.88 bits per heavy atom. The molecule has 0 heterocycles. The van der Waals surface area contributed by atoms with Gasteiger partial charge in [0.15, 0.2) is 6.10 Å². The van der Waals surface area contributed by atoms with Crippen LogP contribution in [0.25, 0.3) is 0 Å². The smallest absolute Gasteiger partial charge is 0.472 e. The van der Waals surface area contributed by atoms with Crippen molar-refractivity contribution in [2.75, 3.05) is 19.8 Å². The number of unbranched alkanes of at least 4 members (excludes halogenated alkanes) is 9. The van der Waals surface area contributed by atoms with Gasteiger partial charge in [-0.25, -0.2) is 4.57 Å². The van der Waals surface area contributed by atoms with Crippen LogP contribution >= 0.6 is 7.82 Å². The van der Waals surface area contributed by atoms with Gasteiger partial charge in [0, 0.05) is 12.8 Å². The van der Waals surface area contributed by atoms with Gasteiger partial charge < -0.3 is 30.3 Å². The summed E-state index contributed by atoms with van der Waals surface area (Å²) in [6, 6.07) is -1.55. The van der Waals surface area contributed by atoms with Crippen LogP contribution in [0.15, 0.2) is 85.1 Å². The number of carbonyl (C=O) groups excluding carboxylic acids is 2. The van der Waals surface area contributed by atoms with E-state index in [0.29, 0.717) is 25.7 Å². The molecule has 0 aliphatic rings. The molecule has 0 radical (unpaired) electrons. The van der Waals surface area contributed by atoms with Gasteiger partial charge in [-0.15, -0.1) is 0 Å². The molecule has 0 spiro atoms. The molecule has 0 rings (SSSR count). The number of esters is 2. The molecule has 2 unspecified atom stereocenters. The Bertz CT molecular complexity index is 1300. The summed E-state index contributed by atoms with van der Waals surface area (Å²) >= 11 is 0. The number of hydrogen-bond acceptors (Lipinski definition) is 10. The van der Waals surface area contributed by atoms with Crippen LogP contribution in [-0.4, -0.2) is 71.1 Å². The minimum absolute atomic E-state index is 0.0779. The first-order valence-corrected chi connectivity index (χ1v) is 22.2. The van der Waals surface area contributed by atoms with E-state index >= 15 is 0 Å². The lowest BCUT2D eigenvalue weighted by Gasteiger charge is -2.20. The molecule has 4 atom stereocenters. The lowest BCUT2D eigenvalue weighted by Crippen LogP contribution is -2.34. The zero-order valence-electron chi connectivity index (χ0n) is 34.5.